The second kappa shape index (κ2) is 11.6. The molecule has 2 N–H and O–H groups in total. The number of halogens is 2. The SMILES string of the molecule is COc1cccc(CNCCNc2ccc([N+](=O)[O-])cc2Cl)c1OCc1ccccc1Cl. The van der Waals surface area contributed by atoms with Gasteiger partial charge < -0.3 is 20.1 Å². The second-order valence-electron chi connectivity index (χ2n) is 6.85. The molecule has 0 spiro atoms. The van der Waals surface area contributed by atoms with E-state index in [1.54, 1.807) is 13.2 Å². The Kier molecular flexibility index (Phi) is 8.56. The zero-order chi connectivity index (χ0) is 22.9. The van der Waals surface area contributed by atoms with Crippen LogP contribution in [0.25, 0.3) is 0 Å². The summed E-state index contributed by atoms with van der Waals surface area (Å²) in [5.41, 5.74) is 2.44. The van der Waals surface area contributed by atoms with Gasteiger partial charge in [0.15, 0.2) is 11.5 Å². The third-order valence-corrected chi connectivity index (χ3v) is 5.39. The minimum absolute atomic E-state index is 0.0407. The molecule has 0 saturated carbocycles. The van der Waals surface area contributed by atoms with Crippen molar-refractivity contribution in [3.05, 3.63) is 92.0 Å². The lowest BCUT2D eigenvalue weighted by molar-refractivity contribution is -0.384. The molecule has 9 heteroatoms. The van der Waals surface area contributed by atoms with E-state index >= 15 is 0 Å². The second-order valence-corrected chi connectivity index (χ2v) is 7.67. The molecule has 0 heterocycles. The van der Waals surface area contributed by atoms with Crippen LogP contribution in [-0.2, 0) is 13.2 Å². The van der Waals surface area contributed by atoms with Gasteiger partial charge in [-0.2, -0.15) is 0 Å². The molecule has 3 aromatic rings. The van der Waals surface area contributed by atoms with E-state index in [2.05, 4.69) is 10.6 Å². The van der Waals surface area contributed by atoms with E-state index in [1.807, 2.05) is 42.5 Å². The summed E-state index contributed by atoms with van der Waals surface area (Å²) in [6, 6.07) is 17.6. The normalized spacial score (nSPS) is 10.6. The molecule has 0 aliphatic rings. The molecule has 0 aromatic heterocycles. The van der Waals surface area contributed by atoms with Crippen LogP contribution in [0.15, 0.2) is 60.7 Å². The van der Waals surface area contributed by atoms with Crippen molar-refractivity contribution in [1.82, 2.24) is 5.32 Å². The summed E-state index contributed by atoms with van der Waals surface area (Å²) in [4.78, 5) is 10.3. The molecule has 3 rings (SSSR count). The number of anilines is 1. The van der Waals surface area contributed by atoms with Crippen LogP contribution < -0.4 is 20.1 Å². The summed E-state index contributed by atoms with van der Waals surface area (Å²) in [5.74, 6) is 1.31. The van der Waals surface area contributed by atoms with Crippen molar-refractivity contribution in [1.29, 1.82) is 0 Å². The van der Waals surface area contributed by atoms with Crippen LogP contribution in [0, 0.1) is 10.1 Å². The highest BCUT2D eigenvalue weighted by atomic mass is 35.5. The Bertz CT molecular complexity index is 1080. The van der Waals surface area contributed by atoms with Crippen molar-refractivity contribution >= 4 is 34.6 Å². The van der Waals surface area contributed by atoms with Gasteiger partial charge in [-0.05, 0) is 18.2 Å². The van der Waals surface area contributed by atoms with Crippen LogP contribution in [0.2, 0.25) is 10.0 Å². The predicted molar refractivity (Wildman–Crippen MR) is 127 cm³/mol. The lowest BCUT2D eigenvalue weighted by Gasteiger charge is -2.16. The first kappa shape index (κ1) is 23.7. The fraction of sp³-hybridized carbons (Fsp3) is 0.217. The number of nitrogens with zero attached hydrogens (tertiary/aromatic N) is 1. The number of benzene rings is 3. The lowest BCUT2D eigenvalue weighted by Crippen LogP contribution is -2.22. The van der Waals surface area contributed by atoms with Crippen molar-refractivity contribution < 1.29 is 14.4 Å². The molecule has 0 atom stereocenters. The maximum Gasteiger partial charge on any atom is 0.271 e. The average molecular weight is 476 g/mol. The largest absolute Gasteiger partial charge is 0.493 e. The summed E-state index contributed by atoms with van der Waals surface area (Å²) in [7, 11) is 1.60. The van der Waals surface area contributed by atoms with Gasteiger partial charge in [-0.1, -0.05) is 53.5 Å². The summed E-state index contributed by atoms with van der Waals surface area (Å²) in [6.45, 7) is 2.10. The molecular weight excluding hydrogens is 453 g/mol. The fourth-order valence-electron chi connectivity index (χ4n) is 3.06. The molecule has 0 fully saturated rings. The molecular formula is C23H23Cl2N3O4. The first-order valence-corrected chi connectivity index (χ1v) is 10.7. The third-order valence-electron chi connectivity index (χ3n) is 4.71. The highest BCUT2D eigenvalue weighted by molar-refractivity contribution is 6.33. The summed E-state index contributed by atoms with van der Waals surface area (Å²) in [5, 5.41) is 18.3. The van der Waals surface area contributed by atoms with E-state index in [9.17, 15) is 10.1 Å². The highest BCUT2D eigenvalue weighted by Gasteiger charge is 2.12. The minimum Gasteiger partial charge on any atom is -0.493 e. The number of nitrogens with one attached hydrogen (secondary N) is 2. The molecule has 0 amide bonds. The van der Waals surface area contributed by atoms with Gasteiger partial charge in [-0.25, -0.2) is 0 Å². The molecule has 32 heavy (non-hydrogen) atoms. The molecule has 0 aliphatic carbocycles. The average Bonchev–Trinajstić information content (AvgIpc) is 2.79. The van der Waals surface area contributed by atoms with Gasteiger partial charge in [0.25, 0.3) is 5.69 Å². The van der Waals surface area contributed by atoms with Gasteiger partial charge in [0.05, 0.1) is 22.7 Å². The molecule has 3 aromatic carbocycles. The van der Waals surface area contributed by atoms with E-state index < -0.39 is 4.92 Å². The molecule has 0 unspecified atom stereocenters. The van der Waals surface area contributed by atoms with E-state index in [-0.39, 0.29) is 5.69 Å². The van der Waals surface area contributed by atoms with Gasteiger partial charge in [-0.15, -0.1) is 0 Å². The van der Waals surface area contributed by atoms with E-state index in [0.717, 1.165) is 11.1 Å². The Hall–Kier alpha value is -3.00. The zero-order valence-corrected chi connectivity index (χ0v) is 18.9. The number of nitro benzene ring substituents is 1. The molecule has 0 saturated heterocycles. The predicted octanol–water partition coefficient (Wildman–Crippen LogP) is 5.69. The topological polar surface area (TPSA) is 85.7 Å². The number of nitro groups is 1. The molecule has 0 radical (unpaired) electrons. The van der Waals surface area contributed by atoms with Crippen molar-refractivity contribution in [3.8, 4) is 11.5 Å². The smallest absolute Gasteiger partial charge is 0.271 e. The molecule has 7 nitrogen and oxygen atoms in total. The van der Waals surface area contributed by atoms with Gasteiger partial charge in [0.2, 0.25) is 0 Å². The first-order valence-electron chi connectivity index (χ1n) is 9.90. The van der Waals surface area contributed by atoms with Gasteiger partial charge >= 0.3 is 0 Å². The Balaban J connectivity index is 1.56. The van der Waals surface area contributed by atoms with E-state index in [0.29, 0.717) is 53.5 Å². The van der Waals surface area contributed by atoms with Crippen LogP contribution in [0.4, 0.5) is 11.4 Å². The highest BCUT2D eigenvalue weighted by Crippen LogP contribution is 2.32. The fourth-order valence-corrected chi connectivity index (χ4v) is 3.49. The van der Waals surface area contributed by atoms with E-state index in [4.69, 9.17) is 32.7 Å². The van der Waals surface area contributed by atoms with Crippen LogP contribution in [0.3, 0.4) is 0 Å². The van der Waals surface area contributed by atoms with Crippen LogP contribution >= 0.6 is 23.2 Å². The quantitative estimate of drug-likeness (QED) is 0.210. The van der Waals surface area contributed by atoms with Gasteiger partial charge in [-0.3, -0.25) is 10.1 Å². The van der Waals surface area contributed by atoms with Crippen molar-refractivity contribution in [2.45, 2.75) is 13.2 Å². The standard InChI is InChI=1S/C23H23Cl2N3O4/c1-31-22-8-4-6-16(23(22)32-15-17-5-2-3-7-19(17)24)14-26-11-12-27-21-10-9-18(28(29)30)13-20(21)25/h2-10,13,26-27H,11-12,14-15H2,1H3. The maximum absolute atomic E-state index is 10.8. The van der Waals surface area contributed by atoms with E-state index in [1.165, 1.54) is 12.1 Å². The number of rotatable bonds is 11. The molecule has 0 aliphatic heterocycles. The summed E-state index contributed by atoms with van der Waals surface area (Å²) in [6.07, 6.45) is 0. The van der Waals surface area contributed by atoms with Gasteiger partial charge in [0, 0.05) is 47.9 Å². The Labute approximate surface area is 196 Å². The number of non-ortho nitro benzene ring substituents is 1. The third kappa shape index (κ3) is 6.26. The van der Waals surface area contributed by atoms with Gasteiger partial charge in [0.1, 0.15) is 6.61 Å². The summed E-state index contributed by atoms with van der Waals surface area (Å²) < 4.78 is 11.5. The molecule has 168 valence electrons. The number of hydrogen-bond acceptors (Lipinski definition) is 6. The number of para-hydroxylation sites is 1. The van der Waals surface area contributed by atoms with Crippen molar-refractivity contribution in [2.24, 2.45) is 0 Å². The maximum atomic E-state index is 10.8. The Morgan fingerprint density at radius 1 is 0.969 bits per heavy atom. The minimum atomic E-state index is -0.475. The van der Waals surface area contributed by atoms with Crippen LogP contribution in [-0.4, -0.2) is 25.1 Å². The monoisotopic (exact) mass is 475 g/mol. The first-order chi connectivity index (χ1) is 15.5. The molecule has 0 bridgehead atoms. The number of hydrogen-bond donors (Lipinski definition) is 2. The Morgan fingerprint density at radius 3 is 2.47 bits per heavy atom. The Morgan fingerprint density at radius 2 is 1.75 bits per heavy atom. The van der Waals surface area contributed by atoms with Crippen LogP contribution in [0.5, 0.6) is 11.5 Å². The number of methoxy groups -OCH3 is 1. The van der Waals surface area contributed by atoms with Crippen LogP contribution in [0.1, 0.15) is 11.1 Å². The summed E-state index contributed by atoms with van der Waals surface area (Å²) >= 11 is 12.3. The number of ether oxygens (including phenoxy) is 2. The zero-order valence-electron chi connectivity index (χ0n) is 17.4. The van der Waals surface area contributed by atoms with Crippen molar-refractivity contribution in [3.63, 3.8) is 0 Å². The van der Waals surface area contributed by atoms with Crippen molar-refractivity contribution in [2.75, 3.05) is 25.5 Å². The lowest BCUT2D eigenvalue weighted by atomic mass is 10.1.